The van der Waals surface area contributed by atoms with E-state index in [1.54, 1.807) is 26.8 Å². The monoisotopic (exact) mass is 190 g/mol. The molecule has 0 saturated heterocycles. The molecule has 0 spiro atoms. The van der Waals surface area contributed by atoms with Gasteiger partial charge in [0.05, 0.1) is 5.76 Å². The van der Waals surface area contributed by atoms with Crippen molar-refractivity contribution in [2.75, 3.05) is 0 Å². The van der Waals surface area contributed by atoms with Gasteiger partial charge in [-0.1, -0.05) is 6.92 Å². The topological polar surface area (TPSA) is 46.5 Å². The minimum absolute atomic E-state index is 0.332. The number of ether oxygens (including phenoxy) is 1. The van der Waals surface area contributed by atoms with Gasteiger partial charge in [-0.25, -0.2) is 9.18 Å². The molecule has 0 fully saturated rings. The number of carboxylic acid groups (broad SMARTS) is 1. The van der Waals surface area contributed by atoms with E-state index < -0.39 is 18.2 Å². The third kappa shape index (κ3) is 3.92. The Morgan fingerprint density at radius 3 is 2.54 bits per heavy atom. The lowest BCUT2D eigenvalue weighted by atomic mass is 10.2. The van der Waals surface area contributed by atoms with E-state index in [1.807, 2.05) is 0 Å². The van der Waals surface area contributed by atoms with Gasteiger partial charge in [0.15, 0.2) is 0 Å². The Balaban J connectivity index is 4.26. The Morgan fingerprint density at radius 2 is 2.23 bits per heavy atom. The summed E-state index contributed by atoms with van der Waals surface area (Å²) in [6.07, 6.45) is -0.857. The van der Waals surface area contributed by atoms with E-state index in [0.717, 1.165) is 0 Å². The van der Waals surface area contributed by atoms with Crippen LogP contribution in [0.25, 0.3) is 0 Å². The number of hydrogen-bond donors (Lipinski definition) is 1. The highest BCUT2D eigenvalue weighted by Crippen LogP contribution is 2.12. The van der Waals surface area contributed by atoms with Crippen LogP contribution in [0.2, 0.25) is 0 Å². The van der Waals surface area contributed by atoms with Crippen LogP contribution in [0, 0.1) is 0 Å². The lowest BCUT2D eigenvalue weighted by Gasteiger charge is -2.18. The summed E-state index contributed by atoms with van der Waals surface area (Å²) in [4.78, 5) is 10.3. The summed E-state index contributed by atoms with van der Waals surface area (Å²) in [6, 6.07) is 0. The molecule has 0 aliphatic carbocycles. The molecule has 0 bridgehead atoms. The number of carboxylic acids is 1. The highest BCUT2D eigenvalue weighted by molar-refractivity contribution is 5.72. The van der Waals surface area contributed by atoms with Crippen molar-refractivity contribution in [1.82, 2.24) is 0 Å². The summed E-state index contributed by atoms with van der Waals surface area (Å²) < 4.78 is 18.0. The lowest BCUT2D eigenvalue weighted by molar-refractivity contribution is -0.147. The van der Waals surface area contributed by atoms with E-state index in [4.69, 9.17) is 9.84 Å². The summed E-state index contributed by atoms with van der Waals surface area (Å²) in [5.74, 6) is -0.938. The normalized spacial score (nSPS) is 16.5. The van der Waals surface area contributed by atoms with Gasteiger partial charge in [-0.2, -0.15) is 0 Å². The highest BCUT2D eigenvalue weighted by atomic mass is 19.1. The fraction of sp³-hybridized carbons (Fsp3) is 0.667. The van der Waals surface area contributed by atoms with Crippen LogP contribution < -0.4 is 0 Å². The van der Waals surface area contributed by atoms with Crippen molar-refractivity contribution >= 4 is 5.97 Å². The molecule has 3 nitrogen and oxygen atoms in total. The van der Waals surface area contributed by atoms with Crippen molar-refractivity contribution in [2.45, 2.75) is 39.5 Å². The molecule has 4 heteroatoms. The van der Waals surface area contributed by atoms with Crippen LogP contribution >= 0.6 is 0 Å². The second kappa shape index (κ2) is 5.56. The summed E-state index contributed by atoms with van der Waals surface area (Å²) >= 11 is 0. The van der Waals surface area contributed by atoms with Crippen molar-refractivity contribution in [2.24, 2.45) is 0 Å². The third-order valence-electron chi connectivity index (χ3n) is 1.71. The van der Waals surface area contributed by atoms with E-state index in [0.29, 0.717) is 12.2 Å². The molecule has 1 N–H and O–H groups in total. The summed E-state index contributed by atoms with van der Waals surface area (Å²) in [6.45, 7) is 5.09. The molecule has 0 aromatic heterocycles. The Hall–Kier alpha value is -1.06. The van der Waals surface area contributed by atoms with Crippen molar-refractivity contribution in [3.05, 3.63) is 11.8 Å². The molecule has 0 amide bonds. The molecule has 0 aromatic carbocycles. The van der Waals surface area contributed by atoms with Gasteiger partial charge in [0.25, 0.3) is 0 Å². The third-order valence-corrected chi connectivity index (χ3v) is 1.71. The minimum Gasteiger partial charge on any atom is -0.492 e. The van der Waals surface area contributed by atoms with Crippen LogP contribution in [0.15, 0.2) is 11.8 Å². The van der Waals surface area contributed by atoms with Crippen LogP contribution in [0.3, 0.4) is 0 Å². The van der Waals surface area contributed by atoms with Crippen LogP contribution in [0.1, 0.15) is 27.2 Å². The van der Waals surface area contributed by atoms with Gasteiger partial charge in [-0.05, 0) is 26.3 Å². The number of aliphatic carboxylic acids is 1. The molecule has 0 aliphatic rings. The van der Waals surface area contributed by atoms with Gasteiger partial charge >= 0.3 is 5.97 Å². The van der Waals surface area contributed by atoms with Crippen LogP contribution in [-0.4, -0.2) is 23.4 Å². The van der Waals surface area contributed by atoms with Crippen LogP contribution in [0.4, 0.5) is 4.39 Å². The number of halogens is 1. The van der Waals surface area contributed by atoms with Crippen molar-refractivity contribution in [1.29, 1.82) is 0 Å². The number of allylic oxidation sites excluding steroid dienone is 2. The van der Waals surface area contributed by atoms with Gasteiger partial charge in [0.1, 0.15) is 6.10 Å². The Labute approximate surface area is 77.2 Å². The standard InChI is InChI=1S/C9H15FO3/c1-4-6(3)13-7(5-2)8(10)9(11)12/h4,7-8H,5H2,1-3H3,(H,11,12). The quantitative estimate of drug-likeness (QED) is 0.675. The number of hydrogen-bond acceptors (Lipinski definition) is 2. The maximum atomic E-state index is 12.9. The number of rotatable bonds is 5. The van der Waals surface area contributed by atoms with Crippen molar-refractivity contribution in [3.8, 4) is 0 Å². The van der Waals surface area contributed by atoms with Crippen LogP contribution in [0.5, 0.6) is 0 Å². The van der Waals surface area contributed by atoms with E-state index in [1.165, 1.54) is 0 Å². The molecule has 2 atom stereocenters. The van der Waals surface area contributed by atoms with Crippen molar-refractivity contribution in [3.63, 3.8) is 0 Å². The second-order valence-electron chi connectivity index (χ2n) is 2.70. The molecule has 0 saturated carbocycles. The molecule has 13 heavy (non-hydrogen) atoms. The molecule has 0 aliphatic heterocycles. The summed E-state index contributed by atoms with van der Waals surface area (Å²) in [5.41, 5.74) is 0. The zero-order chi connectivity index (χ0) is 10.4. The summed E-state index contributed by atoms with van der Waals surface area (Å²) in [5, 5.41) is 8.39. The molecule has 2 unspecified atom stereocenters. The van der Waals surface area contributed by atoms with E-state index >= 15 is 0 Å². The van der Waals surface area contributed by atoms with Gasteiger partial charge in [-0.3, -0.25) is 0 Å². The fourth-order valence-corrected chi connectivity index (χ4v) is 0.816. The SMILES string of the molecule is CC=C(C)OC(CC)C(F)C(=O)O. The molecule has 76 valence electrons. The first kappa shape index (κ1) is 11.9. The Kier molecular flexibility index (Phi) is 5.11. The number of carbonyl (C=O) groups is 1. The smallest absolute Gasteiger partial charge is 0.342 e. The largest absolute Gasteiger partial charge is 0.492 e. The maximum Gasteiger partial charge on any atom is 0.342 e. The first-order valence-corrected chi connectivity index (χ1v) is 4.19. The first-order valence-electron chi connectivity index (χ1n) is 4.19. The van der Waals surface area contributed by atoms with E-state index in [2.05, 4.69) is 0 Å². The van der Waals surface area contributed by atoms with E-state index in [-0.39, 0.29) is 0 Å². The number of alkyl halides is 1. The van der Waals surface area contributed by atoms with E-state index in [9.17, 15) is 9.18 Å². The van der Waals surface area contributed by atoms with Crippen molar-refractivity contribution < 1.29 is 19.0 Å². The van der Waals surface area contributed by atoms with Crippen LogP contribution in [-0.2, 0) is 9.53 Å². The zero-order valence-electron chi connectivity index (χ0n) is 8.08. The fourth-order valence-electron chi connectivity index (χ4n) is 0.816. The van der Waals surface area contributed by atoms with Gasteiger partial charge < -0.3 is 9.84 Å². The average Bonchev–Trinajstić information content (AvgIpc) is 2.12. The maximum absolute atomic E-state index is 12.9. The Morgan fingerprint density at radius 1 is 1.69 bits per heavy atom. The van der Waals surface area contributed by atoms with Gasteiger partial charge in [-0.15, -0.1) is 0 Å². The first-order chi connectivity index (χ1) is 6.02. The average molecular weight is 190 g/mol. The molecule has 0 rings (SSSR count). The predicted molar refractivity (Wildman–Crippen MR) is 47.1 cm³/mol. The summed E-state index contributed by atoms with van der Waals surface area (Å²) in [7, 11) is 0. The molecular formula is C9H15FO3. The zero-order valence-corrected chi connectivity index (χ0v) is 8.08. The Bertz CT molecular complexity index is 201. The van der Waals surface area contributed by atoms with Gasteiger partial charge in [0, 0.05) is 0 Å². The predicted octanol–water partition coefficient (Wildman–Crippen LogP) is 2.13. The molecule has 0 radical (unpaired) electrons. The highest BCUT2D eigenvalue weighted by Gasteiger charge is 2.27. The van der Waals surface area contributed by atoms with Gasteiger partial charge in [0.2, 0.25) is 6.17 Å². The molecule has 0 aromatic rings. The second-order valence-corrected chi connectivity index (χ2v) is 2.70. The lowest BCUT2D eigenvalue weighted by Crippen LogP contribution is -2.31. The molecule has 0 heterocycles. The minimum atomic E-state index is -1.96. The molecular weight excluding hydrogens is 175 g/mol.